The number of nitrogens with one attached hydrogen (secondary N) is 1. The minimum Gasteiger partial charge on any atom is -0.484 e. The van der Waals surface area contributed by atoms with Gasteiger partial charge in [-0.2, -0.15) is 0 Å². The lowest BCUT2D eigenvalue weighted by Gasteiger charge is -2.33. The van der Waals surface area contributed by atoms with Crippen LogP contribution in [0.25, 0.3) is 0 Å². The van der Waals surface area contributed by atoms with Crippen LogP contribution < -0.4 is 10.1 Å². The number of rotatable bonds is 7. The van der Waals surface area contributed by atoms with Gasteiger partial charge in [-0.1, -0.05) is 18.2 Å². The number of nitrogens with zero attached hydrogens (tertiary/aromatic N) is 1. The Hall–Kier alpha value is -2.31. The summed E-state index contributed by atoms with van der Waals surface area (Å²) in [6.45, 7) is 7.39. The summed E-state index contributed by atoms with van der Waals surface area (Å²) in [5.41, 5.74) is 1.01. The molecule has 140 valence electrons. The second-order valence-electron chi connectivity index (χ2n) is 6.47. The summed E-state index contributed by atoms with van der Waals surface area (Å²) in [5, 5.41) is 2.97. The van der Waals surface area contributed by atoms with Gasteiger partial charge in [0.2, 0.25) is 0 Å². The van der Waals surface area contributed by atoms with Crippen LogP contribution in [0, 0.1) is 13.8 Å². The van der Waals surface area contributed by atoms with Crippen molar-refractivity contribution in [3.8, 4) is 5.75 Å². The van der Waals surface area contributed by atoms with Crippen LogP contribution in [0.3, 0.4) is 0 Å². The Morgan fingerprint density at radius 3 is 2.65 bits per heavy atom. The monoisotopic (exact) mass is 358 g/mol. The molecule has 0 radical (unpaired) electrons. The van der Waals surface area contributed by atoms with Gasteiger partial charge < -0.3 is 19.2 Å². The zero-order chi connectivity index (χ0) is 18.4. The van der Waals surface area contributed by atoms with Crippen LogP contribution in [-0.4, -0.2) is 50.3 Å². The molecule has 1 fully saturated rings. The molecule has 1 aromatic carbocycles. The molecule has 1 saturated heterocycles. The van der Waals surface area contributed by atoms with E-state index in [0.717, 1.165) is 35.9 Å². The fourth-order valence-corrected chi connectivity index (χ4v) is 3.05. The molecule has 0 aliphatic carbocycles. The first-order chi connectivity index (χ1) is 12.6. The number of carbonyl (C=O) groups is 1. The van der Waals surface area contributed by atoms with Crippen molar-refractivity contribution in [3.63, 3.8) is 0 Å². The Morgan fingerprint density at radius 1 is 1.19 bits per heavy atom. The first-order valence-corrected chi connectivity index (χ1v) is 8.97. The number of amides is 1. The number of aryl methyl sites for hydroxylation is 2. The van der Waals surface area contributed by atoms with Gasteiger partial charge in [-0.05, 0) is 37.6 Å². The van der Waals surface area contributed by atoms with Crippen LogP contribution in [0.4, 0.5) is 0 Å². The lowest BCUT2D eigenvalue weighted by molar-refractivity contribution is -0.123. The number of furan rings is 1. The fraction of sp³-hybridized carbons (Fsp3) is 0.450. The van der Waals surface area contributed by atoms with Crippen molar-refractivity contribution < 1.29 is 18.7 Å². The van der Waals surface area contributed by atoms with Crippen molar-refractivity contribution in [2.75, 3.05) is 39.5 Å². The number of morpholine rings is 1. The summed E-state index contributed by atoms with van der Waals surface area (Å²) in [7, 11) is 0. The van der Waals surface area contributed by atoms with E-state index in [1.807, 2.05) is 50.2 Å². The smallest absolute Gasteiger partial charge is 0.258 e. The zero-order valence-electron chi connectivity index (χ0n) is 15.4. The third kappa shape index (κ3) is 4.86. The Balaban J connectivity index is 1.56. The van der Waals surface area contributed by atoms with Crippen molar-refractivity contribution >= 4 is 5.91 Å². The summed E-state index contributed by atoms with van der Waals surface area (Å²) in [6.07, 6.45) is 0. The van der Waals surface area contributed by atoms with E-state index in [9.17, 15) is 4.79 Å². The minimum absolute atomic E-state index is 0.00212. The van der Waals surface area contributed by atoms with E-state index in [0.29, 0.717) is 19.8 Å². The quantitative estimate of drug-likeness (QED) is 0.824. The molecule has 1 aliphatic heterocycles. The number of ether oxygens (including phenoxy) is 2. The van der Waals surface area contributed by atoms with E-state index in [1.54, 1.807) is 0 Å². The van der Waals surface area contributed by atoms with Gasteiger partial charge in [0.15, 0.2) is 6.61 Å². The molecule has 2 aromatic rings. The van der Waals surface area contributed by atoms with E-state index in [4.69, 9.17) is 13.9 Å². The molecule has 1 aromatic heterocycles. The molecule has 3 rings (SSSR count). The predicted molar refractivity (Wildman–Crippen MR) is 98.3 cm³/mol. The lowest BCUT2D eigenvalue weighted by Crippen LogP contribution is -2.44. The topological polar surface area (TPSA) is 63.9 Å². The average molecular weight is 358 g/mol. The van der Waals surface area contributed by atoms with E-state index in [1.165, 1.54) is 0 Å². The molecule has 26 heavy (non-hydrogen) atoms. The predicted octanol–water partition coefficient (Wildman–Crippen LogP) is 2.46. The molecule has 0 saturated carbocycles. The second-order valence-corrected chi connectivity index (χ2v) is 6.47. The lowest BCUT2D eigenvalue weighted by atomic mass is 10.1. The molecule has 1 unspecified atom stereocenters. The Morgan fingerprint density at radius 2 is 1.96 bits per heavy atom. The van der Waals surface area contributed by atoms with Gasteiger partial charge in [-0.3, -0.25) is 9.69 Å². The van der Waals surface area contributed by atoms with Crippen LogP contribution >= 0.6 is 0 Å². The molecule has 0 bridgehead atoms. The van der Waals surface area contributed by atoms with E-state index < -0.39 is 0 Å². The summed E-state index contributed by atoms with van der Waals surface area (Å²) < 4.78 is 16.9. The molecule has 2 heterocycles. The van der Waals surface area contributed by atoms with Crippen LogP contribution in [0.5, 0.6) is 5.75 Å². The molecular weight excluding hydrogens is 332 g/mol. The first kappa shape index (κ1) is 18.5. The average Bonchev–Trinajstić information content (AvgIpc) is 3.08. The molecule has 1 amide bonds. The van der Waals surface area contributed by atoms with Gasteiger partial charge in [0, 0.05) is 19.6 Å². The fourth-order valence-electron chi connectivity index (χ4n) is 3.05. The van der Waals surface area contributed by atoms with Crippen LogP contribution in [0.1, 0.15) is 23.1 Å². The number of hydrogen-bond acceptors (Lipinski definition) is 5. The molecule has 1 N–H and O–H groups in total. The number of benzene rings is 1. The highest BCUT2D eigenvalue weighted by atomic mass is 16.5. The van der Waals surface area contributed by atoms with Crippen LogP contribution in [0.2, 0.25) is 0 Å². The maximum absolute atomic E-state index is 12.2. The van der Waals surface area contributed by atoms with Crippen molar-refractivity contribution in [3.05, 3.63) is 53.5 Å². The van der Waals surface area contributed by atoms with Crippen molar-refractivity contribution in [1.82, 2.24) is 10.2 Å². The zero-order valence-corrected chi connectivity index (χ0v) is 15.4. The van der Waals surface area contributed by atoms with E-state index in [-0.39, 0.29) is 18.6 Å². The van der Waals surface area contributed by atoms with Crippen molar-refractivity contribution in [2.45, 2.75) is 19.9 Å². The molecule has 0 spiro atoms. The third-order valence-electron chi connectivity index (χ3n) is 4.52. The third-order valence-corrected chi connectivity index (χ3v) is 4.52. The van der Waals surface area contributed by atoms with Gasteiger partial charge >= 0.3 is 0 Å². The highest BCUT2D eigenvalue weighted by molar-refractivity contribution is 5.77. The standard InChI is InChI=1S/C20H26N2O4/c1-15-5-3-4-6-18(15)25-14-20(23)21-13-17(19-8-7-16(2)26-19)22-9-11-24-12-10-22/h3-8,17H,9-14H2,1-2H3,(H,21,23). The second kappa shape index (κ2) is 8.87. The summed E-state index contributed by atoms with van der Waals surface area (Å²) in [5.74, 6) is 2.32. The molecule has 1 atom stereocenters. The number of carbonyl (C=O) groups excluding carboxylic acids is 1. The summed E-state index contributed by atoms with van der Waals surface area (Å²) in [6, 6.07) is 11.6. The van der Waals surface area contributed by atoms with E-state index in [2.05, 4.69) is 10.2 Å². The number of hydrogen-bond donors (Lipinski definition) is 1. The van der Waals surface area contributed by atoms with Crippen molar-refractivity contribution in [1.29, 1.82) is 0 Å². The van der Waals surface area contributed by atoms with Gasteiger partial charge in [-0.15, -0.1) is 0 Å². The molecule has 6 heteroatoms. The highest BCUT2D eigenvalue weighted by Gasteiger charge is 2.25. The first-order valence-electron chi connectivity index (χ1n) is 8.97. The highest BCUT2D eigenvalue weighted by Crippen LogP contribution is 2.23. The molecule has 1 aliphatic rings. The van der Waals surface area contributed by atoms with Crippen molar-refractivity contribution in [2.24, 2.45) is 0 Å². The minimum atomic E-state index is -0.144. The normalized spacial score (nSPS) is 16.2. The Bertz CT molecular complexity index is 722. The Labute approximate surface area is 154 Å². The van der Waals surface area contributed by atoms with Gasteiger partial charge in [0.25, 0.3) is 5.91 Å². The van der Waals surface area contributed by atoms with Gasteiger partial charge in [0.05, 0.1) is 19.3 Å². The summed E-state index contributed by atoms with van der Waals surface area (Å²) in [4.78, 5) is 14.5. The largest absolute Gasteiger partial charge is 0.484 e. The van der Waals surface area contributed by atoms with Crippen LogP contribution in [0.15, 0.2) is 40.8 Å². The van der Waals surface area contributed by atoms with Gasteiger partial charge in [0.1, 0.15) is 17.3 Å². The maximum atomic E-state index is 12.2. The Kier molecular flexibility index (Phi) is 6.30. The van der Waals surface area contributed by atoms with Gasteiger partial charge in [-0.25, -0.2) is 0 Å². The SMILES string of the molecule is Cc1ccc(C(CNC(=O)COc2ccccc2C)N2CCOCC2)o1. The van der Waals surface area contributed by atoms with E-state index >= 15 is 0 Å². The molecular formula is C20H26N2O4. The van der Waals surface area contributed by atoms with Crippen LogP contribution in [-0.2, 0) is 9.53 Å². The molecule has 6 nitrogen and oxygen atoms in total. The maximum Gasteiger partial charge on any atom is 0.258 e. The number of para-hydroxylation sites is 1. The summed E-state index contributed by atoms with van der Waals surface area (Å²) >= 11 is 0.